The van der Waals surface area contributed by atoms with E-state index in [4.69, 9.17) is 4.74 Å². The Morgan fingerprint density at radius 1 is 0.962 bits per heavy atom. The second kappa shape index (κ2) is 9.46. The van der Waals surface area contributed by atoms with Crippen LogP contribution in [0.1, 0.15) is 38.5 Å². The lowest BCUT2D eigenvalue weighted by atomic mass is 9.96. The molecule has 0 atom stereocenters. The zero-order valence-electron chi connectivity index (χ0n) is 15.4. The average molecular weight is 359 g/mol. The Bertz CT molecular complexity index is 579. The van der Waals surface area contributed by atoms with Crippen LogP contribution in [-0.2, 0) is 4.79 Å². The Hall–Kier alpha value is -2.24. The molecular formula is C20H29N3O3. The molecule has 1 aromatic carbocycles. The molecular weight excluding hydrogens is 330 g/mol. The van der Waals surface area contributed by atoms with Gasteiger partial charge in [0.25, 0.3) is 0 Å². The zero-order valence-corrected chi connectivity index (χ0v) is 15.4. The number of nitrogens with zero attached hydrogens (tertiary/aromatic N) is 2. The SMILES string of the molecule is O=C(CCOc1ccccc1)N1CCN(C(=O)NC2CCCCC2)CC1. The highest BCUT2D eigenvalue weighted by molar-refractivity contribution is 5.78. The summed E-state index contributed by atoms with van der Waals surface area (Å²) in [6, 6.07) is 9.87. The van der Waals surface area contributed by atoms with E-state index in [1.807, 2.05) is 40.1 Å². The van der Waals surface area contributed by atoms with E-state index in [1.54, 1.807) is 0 Å². The lowest BCUT2D eigenvalue weighted by molar-refractivity contribution is -0.133. The molecule has 2 aliphatic rings. The predicted molar refractivity (Wildman–Crippen MR) is 100 cm³/mol. The minimum absolute atomic E-state index is 0.0245. The van der Waals surface area contributed by atoms with Crippen molar-refractivity contribution < 1.29 is 14.3 Å². The van der Waals surface area contributed by atoms with Crippen molar-refractivity contribution in [2.24, 2.45) is 0 Å². The van der Waals surface area contributed by atoms with Gasteiger partial charge in [0.2, 0.25) is 5.91 Å². The second-order valence-electron chi connectivity index (χ2n) is 7.06. The van der Waals surface area contributed by atoms with Crippen molar-refractivity contribution in [3.63, 3.8) is 0 Å². The van der Waals surface area contributed by atoms with Crippen LogP contribution in [0.4, 0.5) is 4.79 Å². The molecule has 3 rings (SSSR count). The summed E-state index contributed by atoms with van der Waals surface area (Å²) in [6.07, 6.45) is 6.23. The van der Waals surface area contributed by atoms with Crippen LogP contribution in [-0.4, -0.2) is 60.6 Å². The van der Waals surface area contributed by atoms with Gasteiger partial charge in [0, 0.05) is 32.2 Å². The number of para-hydroxylation sites is 1. The number of carbonyl (C=O) groups excluding carboxylic acids is 2. The molecule has 26 heavy (non-hydrogen) atoms. The molecule has 0 aromatic heterocycles. The molecule has 6 nitrogen and oxygen atoms in total. The van der Waals surface area contributed by atoms with Gasteiger partial charge in [0.05, 0.1) is 13.0 Å². The first-order valence-electron chi connectivity index (χ1n) is 9.73. The third-order valence-corrected chi connectivity index (χ3v) is 5.18. The standard InChI is InChI=1S/C20H29N3O3/c24-19(11-16-26-18-9-5-2-6-10-18)22-12-14-23(15-13-22)20(25)21-17-7-3-1-4-8-17/h2,5-6,9-10,17H,1,3-4,7-8,11-16H2,(H,21,25). The van der Waals surface area contributed by atoms with Crippen molar-refractivity contribution in [3.8, 4) is 5.75 Å². The van der Waals surface area contributed by atoms with Gasteiger partial charge in [-0.3, -0.25) is 4.79 Å². The first kappa shape index (κ1) is 18.5. The number of benzene rings is 1. The maximum Gasteiger partial charge on any atom is 0.317 e. The highest BCUT2D eigenvalue weighted by Crippen LogP contribution is 2.18. The van der Waals surface area contributed by atoms with E-state index in [0.29, 0.717) is 45.2 Å². The van der Waals surface area contributed by atoms with Crippen molar-refractivity contribution in [2.45, 2.75) is 44.6 Å². The number of carbonyl (C=O) groups is 2. The average Bonchev–Trinajstić information content (AvgIpc) is 2.69. The van der Waals surface area contributed by atoms with Crippen molar-refractivity contribution in [2.75, 3.05) is 32.8 Å². The lowest BCUT2D eigenvalue weighted by Crippen LogP contribution is -2.54. The van der Waals surface area contributed by atoms with Gasteiger partial charge in [-0.2, -0.15) is 0 Å². The van der Waals surface area contributed by atoms with Crippen molar-refractivity contribution in [3.05, 3.63) is 30.3 Å². The number of hydrogen-bond donors (Lipinski definition) is 1. The van der Waals surface area contributed by atoms with E-state index in [9.17, 15) is 9.59 Å². The number of amides is 3. The topological polar surface area (TPSA) is 61.9 Å². The molecule has 1 N–H and O–H groups in total. The first-order valence-corrected chi connectivity index (χ1v) is 9.73. The Balaban J connectivity index is 1.34. The summed E-state index contributed by atoms with van der Waals surface area (Å²) < 4.78 is 5.59. The molecule has 0 unspecified atom stereocenters. The Morgan fingerprint density at radius 3 is 2.31 bits per heavy atom. The maximum absolute atomic E-state index is 12.4. The number of nitrogens with one attached hydrogen (secondary N) is 1. The maximum atomic E-state index is 12.4. The van der Waals surface area contributed by atoms with Gasteiger partial charge in [-0.1, -0.05) is 37.5 Å². The van der Waals surface area contributed by atoms with Crippen LogP contribution in [0.5, 0.6) is 5.75 Å². The van der Waals surface area contributed by atoms with E-state index in [-0.39, 0.29) is 11.9 Å². The molecule has 6 heteroatoms. The van der Waals surface area contributed by atoms with Gasteiger partial charge in [-0.05, 0) is 25.0 Å². The molecule has 1 aromatic rings. The number of ether oxygens (including phenoxy) is 1. The van der Waals surface area contributed by atoms with Crippen LogP contribution in [0.15, 0.2) is 30.3 Å². The van der Waals surface area contributed by atoms with E-state index >= 15 is 0 Å². The summed E-state index contributed by atoms with van der Waals surface area (Å²) in [5.74, 6) is 0.873. The van der Waals surface area contributed by atoms with Crippen LogP contribution >= 0.6 is 0 Å². The van der Waals surface area contributed by atoms with E-state index in [2.05, 4.69) is 5.32 Å². The predicted octanol–water partition coefficient (Wildman–Crippen LogP) is 2.64. The number of piperazine rings is 1. The van der Waals surface area contributed by atoms with Crippen LogP contribution < -0.4 is 10.1 Å². The number of urea groups is 1. The fourth-order valence-electron chi connectivity index (χ4n) is 3.60. The van der Waals surface area contributed by atoms with Gasteiger partial charge in [0.15, 0.2) is 0 Å². The third-order valence-electron chi connectivity index (χ3n) is 5.18. The fourth-order valence-corrected chi connectivity index (χ4v) is 3.60. The summed E-state index contributed by atoms with van der Waals surface area (Å²) in [7, 11) is 0. The summed E-state index contributed by atoms with van der Waals surface area (Å²) in [4.78, 5) is 28.3. The Kier molecular flexibility index (Phi) is 6.75. The minimum Gasteiger partial charge on any atom is -0.493 e. The Morgan fingerprint density at radius 2 is 1.62 bits per heavy atom. The molecule has 1 saturated carbocycles. The summed E-state index contributed by atoms with van der Waals surface area (Å²) >= 11 is 0. The molecule has 1 heterocycles. The zero-order chi connectivity index (χ0) is 18.2. The molecule has 0 radical (unpaired) electrons. The van der Waals surface area contributed by atoms with Gasteiger partial charge >= 0.3 is 6.03 Å². The van der Waals surface area contributed by atoms with E-state index in [1.165, 1.54) is 19.3 Å². The van der Waals surface area contributed by atoms with Gasteiger partial charge in [-0.25, -0.2) is 4.79 Å². The smallest absolute Gasteiger partial charge is 0.317 e. The highest BCUT2D eigenvalue weighted by atomic mass is 16.5. The summed E-state index contributed by atoms with van der Waals surface area (Å²) in [5, 5.41) is 3.15. The van der Waals surface area contributed by atoms with Crippen LogP contribution in [0.2, 0.25) is 0 Å². The van der Waals surface area contributed by atoms with Crippen LogP contribution in [0, 0.1) is 0 Å². The lowest BCUT2D eigenvalue weighted by Gasteiger charge is -2.36. The Labute approximate surface area is 155 Å². The molecule has 0 spiro atoms. The molecule has 142 valence electrons. The molecule has 1 aliphatic heterocycles. The monoisotopic (exact) mass is 359 g/mol. The molecule has 1 saturated heterocycles. The van der Waals surface area contributed by atoms with E-state index in [0.717, 1.165) is 18.6 Å². The van der Waals surface area contributed by atoms with Crippen LogP contribution in [0.25, 0.3) is 0 Å². The van der Waals surface area contributed by atoms with Crippen molar-refractivity contribution in [1.29, 1.82) is 0 Å². The van der Waals surface area contributed by atoms with E-state index < -0.39 is 0 Å². The minimum atomic E-state index is 0.0245. The molecule has 1 aliphatic carbocycles. The van der Waals surface area contributed by atoms with Crippen LogP contribution in [0.3, 0.4) is 0 Å². The van der Waals surface area contributed by atoms with Gasteiger partial charge in [-0.15, -0.1) is 0 Å². The number of rotatable bonds is 5. The summed E-state index contributed by atoms with van der Waals surface area (Å²) in [5.41, 5.74) is 0. The molecule has 3 amide bonds. The fraction of sp³-hybridized carbons (Fsp3) is 0.600. The first-order chi connectivity index (χ1) is 12.7. The van der Waals surface area contributed by atoms with Gasteiger partial charge < -0.3 is 19.9 Å². The molecule has 2 fully saturated rings. The highest BCUT2D eigenvalue weighted by Gasteiger charge is 2.25. The van der Waals surface area contributed by atoms with Crippen molar-refractivity contribution in [1.82, 2.24) is 15.1 Å². The summed E-state index contributed by atoms with van der Waals surface area (Å²) in [6.45, 7) is 2.78. The largest absolute Gasteiger partial charge is 0.493 e. The van der Waals surface area contributed by atoms with Crippen molar-refractivity contribution >= 4 is 11.9 Å². The number of hydrogen-bond acceptors (Lipinski definition) is 3. The third kappa shape index (κ3) is 5.38. The quantitative estimate of drug-likeness (QED) is 0.879. The molecule has 0 bridgehead atoms. The normalized spacial score (nSPS) is 18.5. The second-order valence-corrected chi connectivity index (χ2v) is 7.06. The van der Waals surface area contributed by atoms with Gasteiger partial charge in [0.1, 0.15) is 5.75 Å².